The normalized spacial score (nSPS) is 17.8. The lowest BCUT2D eigenvalue weighted by Gasteiger charge is -2.38. The molecule has 4 fully saturated rings. The van der Waals surface area contributed by atoms with Crippen LogP contribution in [0.2, 0.25) is 0 Å². The summed E-state index contributed by atoms with van der Waals surface area (Å²) in [6.07, 6.45) is 5.16. The number of piperidine rings is 3. The van der Waals surface area contributed by atoms with Crippen LogP contribution in [0.3, 0.4) is 0 Å². The molecule has 4 aliphatic rings. The van der Waals surface area contributed by atoms with E-state index in [9.17, 15) is 28.8 Å². The van der Waals surface area contributed by atoms with Crippen LogP contribution >= 0.6 is 0 Å². The molecule has 5 amide bonds. The molecule has 19 nitrogen and oxygen atoms in total. The van der Waals surface area contributed by atoms with Gasteiger partial charge in [0.1, 0.15) is 29.5 Å². The third-order valence-electron chi connectivity index (χ3n) is 16.2. The fraction of sp³-hybridized carbons (Fsp3) is 0.508. The van der Waals surface area contributed by atoms with Crippen LogP contribution < -0.4 is 20.3 Å². The third kappa shape index (κ3) is 16.0. The standard InChI is InChI=1S/C63H80FN9O10/c1-6-81-56-38-50(80-5)18-17-47(56)40-73(62(79)83-63(2,3)4)42-58(75)72-25-10-13-46(39-72)44-11-9-12-45(37-44)59(76)65-24-30-68-26-20-48(21-27-68)82-49-22-28-69(29-23-49)41-57(74)70-31-33-71(34-32-70)61(78)53-35-43(16-19-54(53)64)36-55-51-14-7-8-15-52(51)60(77)67-66-55/h7-9,11-12,14-19,35,37-38,46,48-49H,6,10,13,20-34,36,39-42H2,1-5H3,(H,65,76)(H,67,77). The highest BCUT2D eigenvalue weighted by atomic mass is 19.1. The number of H-pyrrole nitrogens is 1. The van der Waals surface area contributed by atoms with Crippen molar-refractivity contribution >= 4 is 40.5 Å². The average molecular weight is 1140 g/mol. The minimum Gasteiger partial charge on any atom is -0.497 e. The van der Waals surface area contributed by atoms with E-state index in [1.54, 1.807) is 74.1 Å². The van der Waals surface area contributed by atoms with Gasteiger partial charge in [0, 0.05) is 113 Å². The number of ether oxygens (including phenoxy) is 4. The molecular formula is C63H80FN9O10. The zero-order valence-corrected chi connectivity index (χ0v) is 48.7. The van der Waals surface area contributed by atoms with Gasteiger partial charge >= 0.3 is 6.09 Å². The molecule has 0 bridgehead atoms. The second kappa shape index (κ2) is 27.8. The summed E-state index contributed by atoms with van der Waals surface area (Å²) in [6, 6.07) is 24.7. The smallest absolute Gasteiger partial charge is 0.411 e. The number of fused-ring (bicyclic) bond motifs is 1. The summed E-state index contributed by atoms with van der Waals surface area (Å²) >= 11 is 0. The van der Waals surface area contributed by atoms with Gasteiger partial charge < -0.3 is 43.9 Å². The highest BCUT2D eigenvalue weighted by molar-refractivity contribution is 5.95. The molecule has 4 saturated heterocycles. The number of halogens is 1. The lowest BCUT2D eigenvalue weighted by molar-refractivity contribution is -0.135. The summed E-state index contributed by atoms with van der Waals surface area (Å²) in [5.74, 6) is -0.117. The van der Waals surface area contributed by atoms with E-state index in [0.29, 0.717) is 104 Å². The molecule has 20 heteroatoms. The van der Waals surface area contributed by atoms with Crippen molar-refractivity contribution in [2.24, 2.45) is 0 Å². The van der Waals surface area contributed by atoms with Crippen molar-refractivity contribution in [2.45, 2.75) is 103 Å². The van der Waals surface area contributed by atoms with E-state index in [4.69, 9.17) is 18.9 Å². The number of benzene rings is 4. The van der Waals surface area contributed by atoms with Crippen molar-refractivity contribution in [3.63, 3.8) is 0 Å². The largest absolute Gasteiger partial charge is 0.497 e. The van der Waals surface area contributed by atoms with Gasteiger partial charge in [-0.25, -0.2) is 14.3 Å². The molecule has 0 aliphatic carbocycles. The number of hydrogen-bond acceptors (Lipinski definition) is 13. The molecule has 83 heavy (non-hydrogen) atoms. The molecule has 2 N–H and O–H groups in total. The topological polar surface area (TPSA) is 199 Å². The number of nitrogens with zero attached hydrogens (tertiary/aromatic N) is 7. The molecule has 1 unspecified atom stereocenters. The van der Waals surface area contributed by atoms with E-state index in [1.165, 1.54) is 11.0 Å². The number of carbonyl (C=O) groups is 5. The van der Waals surface area contributed by atoms with Crippen LogP contribution in [0.25, 0.3) is 10.8 Å². The molecule has 1 aromatic heterocycles. The van der Waals surface area contributed by atoms with Crippen molar-refractivity contribution in [3.8, 4) is 11.5 Å². The maximum Gasteiger partial charge on any atom is 0.411 e. The number of amides is 5. The number of methoxy groups -OCH3 is 1. The van der Waals surface area contributed by atoms with Gasteiger partial charge in [-0.15, -0.1) is 0 Å². The van der Waals surface area contributed by atoms with Crippen LogP contribution in [-0.2, 0) is 32.0 Å². The number of nitrogens with one attached hydrogen (secondary N) is 2. The first kappa shape index (κ1) is 60.2. The Balaban J connectivity index is 0.661. The van der Waals surface area contributed by atoms with Gasteiger partial charge in [0.2, 0.25) is 11.8 Å². The van der Waals surface area contributed by atoms with E-state index in [0.717, 1.165) is 82.4 Å². The van der Waals surface area contributed by atoms with Crippen LogP contribution in [0, 0.1) is 5.82 Å². The van der Waals surface area contributed by atoms with E-state index >= 15 is 4.39 Å². The van der Waals surface area contributed by atoms with Crippen LogP contribution in [0.5, 0.6) is 11.5 Å². The predicted octanol–water partition coefficient (Wildman–Crippen LogP) is 6.86. The molecule has 9 rings (SSSR count). The fourth-order valence-electron chi connectivity index (χ4n) is 11.6. The third-order valence-corrected chi connectivity index (χ3v) is 16.2. The van der Waals surface area contributed by atoms with Crippen LogP contribution in [-0.4, -0.2) is 192 Å². The summed E-state index contributed by atoms with van der Waals surface area (Å²) in [5, 5.41) is 11.1. The number of likely N-dealkylation sites (tertiary alicyclic amines) is 3. The molecule has 0 saturated carbocycles. The van der Waals surface area contributed by atoms with Crippen molar-refractivity contribution in [1.29, 1.82) is 0 Å². The van der Waals surface area contributed by atoms with Gasteiger partial charge in [-0.05, 0) is 120 Å². The highest BCUT2D eigenvalue weighted by Crippen LogP contribution is 2.31. The SMILES string of the molecule is CCOc1cc(OC)ccc1CN(CC(=O)N1CCCC(c2cccc(C(=O)NCCN3CCC(OC4CCN(CC(=O)N5CCN(C(=O)c6cc(Cc7n[nH]c(=O)c8ccccc78)ccc6F)CC5)CC4)CC3)c2)C1)C(=O)OC(C)(C)C. The molecule has 4 aromatic carbocycles. The van der Waals surface area contributed by atoms with E-state index in [-0.39, 0.29) is 60.1 Å². The Labute approximate surface area is 485 Å². The van der Waals surface area contributed by atoms with Gasteiger partial charge in [-0.1, -0.05) is 36.4 Å². The van der Waals surface area contributed by atoms with Gasteiger partial charge in [0.15, 0.2) is 0 Å². The summed E-state index contributed by atoms with van der Waals surface area (Å²) in [6.45, 7) is 14.8. The van der Waals surface area contributed by atoms with Crippen LogP contribution in [0.1, 0.15) is 115 Å². The summed E-state index contributed by atoms with van der Waals surface area (Å²) in [5.41, 5.74) is 2.53. The molecule has 5 aromatic rings. The van der Waals surface area contributed by atoms with Crippen molar-refractivity contribution in [2.75, 3.05) is 105 Å². The quantitative estimate of drug-likeness (QED) is 0.0870. The molecule has 444 valence electrons. The maximum atomic E-state index is 15.1. The number of piperazine rings is 1. The number of aromatic nitrogens is 2. The first-order chi connectivity index (χ1) is 40.0. The Kier molecular flexibility index (Phi) is 20.1. The van der Waals surface area contributed by atoms with Crippen molar-refractivity contribution in [3.05, 3.63) is 135 Å². The molecule has 0 spiro atoms. The number of hydrogen-bond donors (Lipinski definition) is 2. The second-order valence-corrected chi connectivity index (χ2v) is 23.2. The van der Waals surface area contributed by atoms with Crippen molar-refractivity contribution < 1.29 is 47.3 Å². The molecular weight excluding hydrogens is 1060 g/mol. The Morgan fingerprint density at radius 2 is 1.48 bits per heavy atom. The average Bonchev–Trinajstić information content (AvgIpc) is 3.58. The van der Waals surface area contributed by atoms with Gasteiger partial charge in [-0.2, -0.15) is 5.10 Å². The van der Waals surface area contributed by atoms with Gasteiger partial charge in [0.05, 0.1) is 55.7 Å². The predicted molar refractivity (Wildman–Crippen MR) is 312 cm³/mol. The summed E-state index contributed by atoms with van der Waals surface area (Å²) in [7, 11) is 1.58. The maximum absolute atomic E-state index is 15.1. The Hall–Kier alpha value is -7.42. The molecule has 5 heterocycles. The van der Waals surface area contributed by atoms with Gasteiger partial charge in [-0.3, -0.25) is 33.8 Å². The Morgan fingerprint density at radius 1 is 0.771 bits per heavy atom. The van der Waals surface area contributed by atoms with E-state index in [1.807, 2.05) is 54.3 Å². The monoisotopic (exact) mass is 1140 g/mol. The number of carbonyl (C=O) groups excluding carboxylic acids is 5. The first-order valence-corrected chi connectivity index (χ1v) is 29.4. The minimum atomic E-state index is -0.762. The van der Waals surface area contributed by atoms with Crippen molar-refractivity contribution in [1.82, 2.24) is 44.9 Å². The zero-order chi connectivity index (χ0) is 58.6. The summed E-state index contributed by atoms with van der Waals surface area (Å²) < 4.78 is 38.8. The Morgan fingerprint density at radius 3 is 2.19 bits per heavy atom. The van der Waals surface area contributed by atoms with E-state index < -0.39 is 23.4 Å². The minimum absolute atomic E-state index is 0.0192. The zero-order valence-electron chi connectivity index (χ0n) is 48.7. The first-order valence-electron chi connectivity index (χ1n) is 29.4. The van der Waals surface area contributed by atoms with Crippen LogP contribution in [0.4, 0.5) is 9.18 Å². The molecule has 0 radical (unpaired) electrons. The molecule has 4 aliphatic heterocycles. The van der Waals surface area contributed by atoms with Crippen LogP contribution in [0.15, 0.2) is 89.7 Å². The Bertz CT molecular complexity index is 3140. The highest BCUT2D eigenvalue weighted by Gasteiger charge is 2.33. The van der Waals surface area contributed by atoms with E-state index in [2.05, 4.69) is 25.3 Å². The van der Waals surface area contributed by atoms with Gasteiger partial charge in [0.25, 0.3) is 17.4 Å². The summed E-state index contributed by atoms with van der Waals surface area (Å²) in [4.78, 5) is 91.6. The lowest BCUT2D eigenvalue weighted by Crippen LogP contribution is -2.53. The second-order valence-electron chi connectivity index (χ2n) is 23.2. The molecule has 1 atom stereocenters. The lowest BCUT2D eigenvalue weighted by atomic mass is 9.89. The number of aromatic amines is 1. The fourth-order valence-corrected chi connectivity index (χ4v) is 11.6. The number of rotatable bonds is 19.